The topological polar surface area (TPSA) is 54.9 Å². The Morgan fingerprint density at radius 2 is 2.10 bits per heavy atom. The first-order valence-electron chi connectivity index (χ1n) is 7.28. The SMILES string of the molecule is CCNC(=NCc1ccc(C)c(OC)c1)NC(C)COC. The average molecular weight is 293 g/mol. The van der Waals surface area contributed by atoms with Gasteiger partial charge in [0.1, 0.15) is 5.75 Å². The normalized spacial score (nSPS) is 12.9. The molecule has 0 aromatic heterocycles. The van der Waals surface area contributed by atoms with Crippen molar-refractivity contribution in [1.82, 2.24) is 10.6 Å². The standard InChI is InChI=1S/C16H27N3O2/c1-6-17-16(19-13(3)11-20-4)18-10-14-8-7-12(2)15(9-14)21-5/h7-9,13H,6,10-11H2,1-5H3,(H2,17,18,19). The molecule has 21 heavy (non-hydrogen) atoms. The fraction of sp³-hybridized carbons (Fsp3) is 0.562. The number of benzene rings is 1. The number of aliphatic imine (C=N–C) groups is 1. The molecule has 0 saturated heterocycles. The minimum absolute atomic E-state index is 0.209. The van der Waals surface area contributed by atoms with Gasteiger partial charge < -0.3 is 20.1 Å². The van der Waals surface area contributed by atoms with Gasteiger partial charge in [0.2, 0.25) is 0 Å². The number of methoxy groups -OCH3 is 2. The van der Waals surface area contributed by atoms with Gasteiger partial charge in [0.25, 0.3) is 0 Å². The average Bonchev–Trinajstić information content (AvgIpc) is 2.46. The first-order valence-corrected chi connectivity index (χ1v) is 7.28. The van der Waals surface area contributed by atoms with E-state index in [2.05, 4.69) is 34.7 Å². The van der Waals surface area contributed by atoms with E-state index in [1.807, 2.05) is 19.9 Å². The maximum absolute atomic E-state index is 5.34. The Hall–Kier alpha value is -1.75. The van der Waals surface area contributed by atoms with E-state index in [0.717, 1.165) is 29.4 Å². The lowest BCUT2D eigenvalue weighted by molar-refractivity contribution is 0.179. The molecule has 5 heteroatoms. The zero-order chi connectivity index (χ0) is 15.7. The molecule has 5 nitrogen and oxygen atoms in total. The van der Waals surface area contributed by atoms with Crippen molar-refractivity contribution in [1.29, 1.82) is 0 Å². The van der Waals surface area contributed by atoms with E-state index in [9.17, 15) is 0 Å². The molecule has 1 rings (SSSR count). The summed E-state index contributed by atoms with van der Waals surface area (Å²) in [5.41, 5.74) is 2.25. The summed E-state index contributed by atoms with van der Waals surface area (Å²) in [6, 6.07) is 6.36. The third-order valence-electron chi connectivity index (χ3n) is 3.04. The van der Waals surface area contributed by atoms with Crippen LogP contribution in [0.5, 0.6) is 5.75 Å². The molecule has 118 valence electrons. The smallest absolute Gasteiger partial charge is 0.191 e. The summed E-state index contributed by atoms with van der Waals surface area (Å²) in [6.07, 6.45) is 0. The van der Waals surface area contributed by atoms with Crippen LogP contribution in [0.15, 0.2) is 23.2 Å². The van der Waals surface area contributed by atoms with Gasteiger partial charge in [0, 0.05) is 19.7 Å². The fourth-order valence-corrected chi connectivity index (χ4v) is 1.98. The van der Waals surface area contributed by atoms with Crippen LogP contribution in [0, 0.1) is 6.92 Å². The van der Waals surface area contributed by atoms with Crippen molar-refractivity contribution < 1.29 is 9.47 Å². The Labute approximate surface area is 127 Å². The molecule has 0 aliphatic rings. The molecule has 0 amide bonds. The molecule has 0 radical (unpaired) electrons. The van der Waals surface area contributed by atoms with Crippen molar-refractivity contribution >= 4 is 5.96 Å². The molecule has 1 unspecified atom stereocenters. The predicted octanol–water partition coefficient (Wildman–Crippen LogP) is 2.09. The molecule has 0 bridgehead atoms. The number of aryl methyl sites for hydroxylation is 1. The van der Waals surface area contributed by atoms with Gasteiger partial charge >= 0.3 is 0 Å². The van der Waals surface area contributed by atoms with Crippen LogP contribution >= 0.6 is 0 Å². The van der Waals surface area contributed by atoms with E-state index in [-0.39, 0.29) is 6.04 Å². The van der Waals surface area contributed by atoms with Crippen LogP contribution in [-0.4, -0.2) is 39.4 Å². The van der Waals surface area contributed by atoms with E-state index in [1.54, 1.807) is 14.2 Å². The molecule has 1 aromatic carbocycles. The molecule has 0 aliphatic carbocycles. The highest BCUT2D eigenvalue weighted by Gasteiger charge is 2.05. The molecule has 0 spiro atoms. The number of hydrogen-bond acceptors (Lipinski definition) is 3. The van der Waals surface area contributed by atoms with Crippen LogP contribution in [0.4, 0.5) is 0 Å². The van der Waals surface area contributed by atoms with E-state index < -0.39 is 0 Å². The summed E-state index contributed by atoms with van der Waals surface area (Å²) in [7, 11) is 3.38. The first-order chi connectivity index (χ1) is 10.1. The lowest BCUT2D eigenvalue weighted by Crippen LogP contribution is -2.43. The summed E-state index contributed by atoms with van der Waals surface area (Å²) >= 11 is 0. The predicted molar refractivity (Wildman–Crippen MR) is 87.0 cm³/mol. The van der Waals surface area contributed by atoms with Crippen molar-refractivity contribution in [3.8, 4) is 5.75 Å². The second kappa shape index (κ2) is 9.23. The lowest BCUT2D eigenvalue weighted by Gasteiger charge is -2.17. The maximum Gasteiger partial charge on any atom is 0.191 e. The third-order valence-corrected chi connectivity index (χ3v) is 3.04. The summed E-state index contributed by atoms with van der Waals surface area (Å²) in [5, 5.41) is 6.55. The molecule has 0 fully saturated rings. The summed E-state index contributed by atoms with van der Waals surface area (Å²) in [6.45, 7) is 8.21. The van der Waals surface area contributed by atoms with E-state index in [1.165, 1.54) is 0 Å². The highest BCUT2D eigenvalue weighted by molar-refractivity contribution is 5.80. The second-order valence-electron chi connectivity index (χ2n) is 5.00. The van der Waals surface area contributed by atoms with E-state index in [0.29, 0.717) is 13.2 Å². The molecule has 0 heterocycles. The number of guanidine groups is 1. The van der Waals surface area contributed by atoms with Gasteiger partial charge in [-0.3, -0.25) is 0 Å². The minimum Gasteiger partial charge on any atom is -0.496 e. The number of nitrogens with zero attached hydrogens (tertiary/aromatic N) is 1. The van der Waals surface area contributed by atoms with Gasteiger partial charge in [-0.1, -0.05) is 12.1 Å². The molecular formula is C16H27N3O2. The van der Waals surface area contributed by atoms with Crippen molar-refractivity contribution in [2.75, 3.05) is 27.4 Å². The Morgan fingerprint density at radius 1 is 1.33 bits per heavy atom. The molecular weight excluding hydrogens is 266 g/mol. The molecule has 0 saturated carbocycles. The van der Waals surface area contributed by atoms with Crippen LogP contribution in [0.25, 0.3) is 0 Å². The highest BCUT2D eigenvalue weighted by atomic mass is 16.5. The first kappa shape index (κ1) is 17.3. The Balaban J connectivity index is 2.72. The molecule has 1 aromatic rings. The van der Waals surface area contributed by atoms with Crippen LogP contribution in [-0.2, 0) is 11.3 Å². The largest absolute Gasteiger partial charge is 0.496 e. The quantitative estimate of drug-likeness (QED) is 0.597. The third kappa shape index (κ3) is 6.04. The van der Waals surface area contributed by atoms with Crippen LogP contribution in [0.1, 0.15) is 25.0 Å². The zero-order valence-corrected chi connectivity index (χ0v) is 13.7. The number of rotatable bonds is 7. The molecule has 2 N–H and O–H groups in total. The Bertz CT molecular complexity index is 461. The Kier molecular flexibility index (Phi) is 7.61. The van der Waals surface area contributed by atoms with Gasteiger partial charge in [-0.15, -0.1) is 0 Å². The van der Waals surface area contributed by atoms with Crippen LogP contribution < -0.4 is 15.4 Å². The second-order valence-corrected chi connectivity index (χ2v) is 5.00. The highest BCUT2D eigenvalue weighted by Crippen LogP contribution is 2.19. The van der Waals surface area contributed by atoms with Gasteiger partial charge in [-0.2, -0.15) is 0 Å². The van der Waals surface area contributed by atoms with Crippen LogP contribution in [0.2, 0.25) is 0 Å². The minimum atomic E-state index is 0.209. The van der Waals surface area contributed by atoms with Crippen molar-refractivity contribution in [3.05, 3.63) is 29.3 Å². The van der Waals surface area contributed by atoms with E-state index >= 15 is 0 Å². The molecule has 1 atom stereocenters. The van der Waals surface area contributed by atoms with Gasteiger partial charge in [-0.05, 0) is 38.0 Å². The lowest BCUT2D eigenvalue weighted by atomic mass is 10.1. The summed E-state index contributed by atoms with van der Waals surface area (Å²) in [5.74, 6) is 1.69. The number of hydrogen-bond donors (Lipinski definition) is 2. The summed E-state index contributed by atoms with van der Waals surface area (Å²) in [4.78, 5) is 4.59. The summed E-state index contributed by atoms with van der Waals surface area (Å²) < 4.78 is 10.5. The van der Waals surface area contributed by atoms with Crippen molar-refractivity contribution in [2.24, 2.45) is 4.99 Å². The maximum atomic E-state index is 5.34. The van der Waals surface area contributed by atoms with Gasteiger partial charge in [-0.25, -0.2) is 4.99 Å². The van der Waals surface area contributed by atoms with Gasteiger partial charge in [0.05, 0.1) is 20.3 Å². The van der Waals surface area contributed by atoms with Crippen molar-refractivity contribution in [2.45, 2.75) is 33.4 Å². The zero-order valence-electron chi connectivity index (χ0n) is 13.7. The molecule has 0 aliphatic heterocycles. The van der Waals surface area contributed by atoms with Crippen LogP contribution in [0.3, 0.4) is 0 Å². The fourth-order valence-electron chi connectivity index (χ4n) is 1.98. The number of ether oxygens (including phenoxy) is 2. The van der Waals surface area contributed by atoms with Gasteiger partial charge in [0.15, 0.2) is 5.96 Å². The van der Waals surface area contributed by atoms with Crippen molar-refractivity contribution in [3.63, 3.8) is 0 Å². The monoisotopic (exact) mass is 293 g/mol. The van der Waals surface area contributed by atoms with E-state index in [4.69, 9.17) is 9.47 Å². The Morgan fingerprint density at radius 3 is 2.71 bits per heavy atom. The number of nitrogens with one attached hydrogen (secondary N) is 2.